The summed E-state index contributed by atoms with van der Waals surface area (Å²) < 4.78 is 15.7. The molecule has 2 heterocycles. The van der Waals surface area contributed by atoms with Crippen LogP contribution in [0.15, 0.2) is 47.0 Å². The fourth-order valence-electron chi connectivity index (χ4n) is 3.22. The van der Waals surface area contributed by atoms with Gasteiger partial charge in [0.05, 0.1) is 37.3 Å². The van der Waals surface area contributed by atoms with E-state index in [4.69, 9.17) is 14.2 Å². The summed E-state index contributed by atoms with van der Waals surface area (Å²) in [5.74, 6) is -0.515. The van der Waals surface area contributed by atoms with Crippen molar-refractivity contribution in [1.29, 1.82) is 0 Å². The van der Waals surface area contributed by atoms with Crippen LogP contribution >= 0.6 is 11.3 Å². The number of Topliss-reactive ketones (excluding diaryl/α,β-unsaturated/α-hetero) is 1. The van der Waals surface area contributed by atoms with Crippen LogP contribution in [0, 0.1) is 0 Å². The molecule has 148 valence electrons. The highest BCUT2D eigenvalue weighted by molar-refractivity contribution is 7.12. The van der Waals surface area contributed by atoms with E-state index in [9.17, 15) is 14.7 Å². The van der Waals surface area contributed by atoms with E-state index in [0.717, 1.165) is 0 Å². The summed E-state index contributed by atoms with van der Waals surface area (Å²) in [6.45, 7) is 0.489. The number of methoxy groups -OCH3 is 3. The van der Waals surface area contributed by atoms with Gasteiger partial charge < -0.3 is 24.2 Å². The molecular formula is C20H21NO6S. The number of nitrogens with zero attached hydrogens (tertiary/aromatic N) is 1. The Labute approximate surface area is 166 Å². The SMILES string of the molecule is COCCN1C(=O)C(O)=C(C(=O)c2cccs2)[C@@H]1c1ccc(OC)c(OC)c1. The average Bonchev–Trinajstić information content (AvgIpc) is 3.33. The van der Waals surface area contributed by atoms with Crippen LogP contribution in [0.5, 0.6) is 11.5 Å². The molecule has 2 aromatic rings. The number of aliphatic hydroxyl groups is 1. The second-order valence-corrected chi connectivity index (χ2v) is 7.02. The van der Waals surface area contributed by atoms with Crippen molar-refractivity contribution in [3.8, 4) is 11.5 Å². The standard InChI is InChI=1S/C20H21NO6S/c1-25-9-8-21-17(12-6-7-13(26-2)14(11-12)27-3)16(19(23)20(21)24)18(22)15-5-4-10-28-15/h4-7,10-11,17,23H,8-9H2,1-3H3/t17-/m0/s1. The minimum absolute atomic E-state index is 0.0516. The molecule has 0 bridgehead atoms. The molecule has 3 rings (SSSR count). The maximum Gasteiger partial charge on any atom is 0.290 e. The summed E-state index contributed by atoms with van der Waals surface area (Å²) >= 11 is 1.26. The largest absolute Gasteiger partial charge is 0.503 e. The van der Waals surface area contributed by atoms with Crippen molar-refractivity contribution in [3.63, 3.8) is 0 Å². The fourth-order valence-corrected chi connectivity index (χ4v) is 3.89. The highest BCUT2D eigenvalue weighted by Crippen LogP contribution is 2.41. The van der Waals surface area contributed by atoms with Gasteiger partial charge in [-0.25, -0.2) is 0 Å². The zero-order valence-electron chi connectivity index (χ0n) is 15.8. The average molecular weight is 403 g/mol. The lowest BCUT2D eigenvalue weighted by Crippen LogP contribution is -2.34. The predicted molar refractivity (Wildman–Crippen MR) is 104 cm³/mol. The smallest absolute Gasteiger partial charge is 0.290 e. The Morgan fingerprint density at radius 3 is 2.54 bits per heavy atom. The minimum atomic E-state index is -0.753. The van der Waals surface area contributed by atoms with Gasteiger partial charge in [0, 0.05) is 13.7 Å². The number of benzene rings is 1. The number of hydrogen-bond acceptors (Lipinski definition) is 7. The molecule has 1 amide bonds. The van der Waals surface area contributed by atoms with E-state index in [1.807, 2.05) is 0 Å². The number of carbonyl (C=O) groups excluding carboxylic acids is 2. The van der Waals surface area contributed by atoms with Gasteiger partial charge in [0.2, 0.25) is 5.78 Å². The van der Waals surface area contributed by atoms with Crippen LogP contribution in [0.1, 0.15) is 21.3 Å². The van der Waals surface area contributed by atoms with Crippen molar-refractivity contribution >= 4 is 23.0 Å². The molecule has 1 aliphatic rings. The first-order valence-corrected chi connectivity index (χ1v) is 9.44. The van der Waals surface area contributed by atoms with Crippen molar-refractivity contribution in [2.24, 2.45) is 0 Å². The molecular weight excluding hydrogens is 382 g/mol. The van der Waals surface area contributed by atoms with Crippen molar-refractivity contribution in [1.82, 2.24) is 4.90 Å². The molecule has 28 heavy (non-hydrogen) atoms. The second kappa shape index (κ2) is 8.45. The molecule has 1 atom stereocenters. The predicted octanol–water partition coefficient (Wildman–Crippen LogP) is 2.99. The molecule has 1 aromatic heterocycles. The van der Waals surface area contributed by atoms with Gasteiger partial charge in [0.1, 0.15) is 0 Å². The van der Waals surface area contributed by atoms with Crippen LogP contribution in [0.3, 0.4) is 0 Å². The van der Waals surface area contributed by atoms with Crippen LogP contribution < -0.4 is 9.47 Å². The second-order valence-electron chi connectivity index (χ2n) is 6.08. The highest BCUT2D eigenvalue weighted by atomic mass is 32.1. The van der Waals surface area contributed by atoms with E-state index in [0.29, 0.717) is 21.9 Å². The summed E-state index contributed by atoms with van der Waals surface area (Å²) in [5, 5.41) is 12.3. The van der Waals surface area contributed by atoms with Crippen molar-refractivity contribution in [2.75, 3.05) is 34.5 Å². The first kappa shape index (κ1) is 19.9. The van der Waals surface area contributed by atoms with Crippen LogP contribution in [-0.2, 0) is 9.53 Å². The van der Waals surface area contributed by atoms with Crippen molar-refractivity contribution in [2.45, 2.75) is 6.04 Å². The Morgan fingerprint density at radius 2 is 1.93 bits per heavy atom. The Bertz CT molecular complexity index is 905. The third-order valence-electron chi connectivity index (χ3n) is 4.55. The highest BCUT2D eigenvalue weighted by Gasteiger charge is 2.44. The first-order chi connectivity index (χ1) is 13.5. The molecule has 1 aliphatic heterocycles. The molecule has 0 aliphatic carbocycles. The number of ether oxygens (including phenoxy) is 3. The molecule has 8 heteroatoms. The Balaban J connectivity index is 2.11. The van der Waals surface area contributed by atoms with Gasteiger partial charge in [-0.2, -0.15) is 0 Å². The van der Waals surface area contributed by atoms with E-state index in [2.05, 4.69) is 0 Å². The summed E-state index contributed by atoms with van der Waals surface area (Å²) in [4.78, 5) is 27.7. The van der Waals surface area contributed by atoms with Crippen molar-refractivity contribution in [3.05, 3.63) is 57.5 Å². The molecule has 7 nitrogen and oxygen atoms in total. The van der Waals surface area contributed by atoms with Gasteiger partial charge in [-0.05, 0) is 29.1 Å². The molecule has 0 radical (unpaired) electrons. The molecule has 1 aromatic carbocycles. The lowest BCUT2D eigenvalue weighted by atomic mass is 9.95. The normalized spacial score (nSPS) is 16.6. The topological polar surface area (TPSA) is 85.3 Å². The lowest BCUT2D eigenvalue weighted by Gasteiger charge is -2.27. The molecule has 0 saturated carbocycles. The van der Waals surface area contributed by atoms with Gasteiger partial charge in [0.25, 0.3) is 5.91 Å². The van der Waals surface area contributed by atoms with E-state index >= 15 is 0 Å². The maximum absolute atomic E-state index is 13.1. The third kappa shape index (κ3) is 3.48. The molecule has 0 spiro atoms. The van der Waals surface area contributed by atoms with Gasteiger partial charge in [-0.3, -0.25) is 9.59 Å². The summed E-state index contributed by atoms with van der Waals surface area (Å²) in [7, 11) is 4.56. The quantitative estimate of drug-likeness (QED) is 0.682. The number of carbonyl (C=O) groups is 2. The third-order valence-corrected chi connectivity index (χ3v) is 5.42. The zero-order valence-corrected chi connectivity index (χ0v) is 16.6. The summed E-state index contributed by atoms with van der Waals surface area (Å²) in [6, 6.07) is 7.82. The first-order valence-electron chi connectivity index (χ1n) is 8.56. The number of thiophene rings is 1. The zero-order chi connectivity index (χ0) is 20.3. The van der Waals surface area contributed by atoms with Gasteiger partial charge in [-0.1, -0.05) is 12.1 Å². The Hall–Kier alpha value is -2.84. The van der Waals surface area contributed by atoms with Crippen molar-refractivity contribution < 1.29 is 28.9 Å². The van der Waals surface area contributed by atoms with E-state index in [-0.39, 0.29) is 24.5 Å². The number of hydrogen-bond donors (Lipinski definition) is 1. The fraction of sp³-hybridized carbons (Fsp3) is 0.300. The van der Waals surface area contributed by atoms with E-state index in [1.54, 1.807) is 35.7 Å². The number of rotatable bonds is 8. The summed E-state index contributed by atoms with van der Waals surface area (Å²) in [6.07, 6.45) is 0. The van der Waals surface area contributed by atoms with Gasteiger partial charge >= 0.3 is 0 Å². The monoisotopic (exact) mass is 403 g/mol. The number of ketones is 1. The summed E-state index contributed by atoms with van der Waals surface area (Å²) in [5.41, 5.74) is 0.682. The van der Waals surface area contributed by atoms with Crippen LogP contribution in [0.2, 0.25) is 0 Å². The lowest BCUT2D eigenvalue weighted by molar-refractivity contribution is -0.130. The minimum Gasteiger partial charge on any atom is -0.503 e. The van der Waals surface area contributed by atoms with E-state index < -0.39 is 17.7 Å². The Morgan fingerprint density at radius 1 is 1.18 bits per heavy atom. The van der Waals surface area contributed by atoms with Crippen LogP contribution in [0.4, 0.5) is 0 Å². The maximum atomic E-state index is 13.1. The molecule has 1 N–H and O–H groups in total. The van der Waals surface area contributed by atoms with Crippen LogP contribution in [-0.4, -0.2) is 56.2 Å². The number of aliphatic hydroxyl groups excluding tert-OH is 1. The van der Waals surface area contributed by atoms with Crippen LogP contribution in [0.25, 0.3) is 0 Å². The molecule has 0 unspecified atom stereocenters. The molecule has 0 saturated heterocycles. The van der Waals surface area contributed by atoms with Gasteiger partial charge in [0.15, 0.2) is 17.3 Å². The van der Waals surface area contributed by atoms with Gasteiger partial charge in [-0.15, -0.1) is 11.3 Å². The van der Waals surface area contributed by atoms with E-state index in [1.165, 1.54) is 37.6 Å². The molecule has 0 fully saturated rings. The Kier molecular flexibility index (Phi) is 6.01. The number of amides is 1.